The molecule has 0 bridgehead atoms. The standard InChI is InChI=1S/C16H26N2O2S2/c1-14-8-12-18(13-9-14)11-3-10-17-22(19,20)16-6-4-15(21-2)5-7-16/h4-7,14,17H,3,8-13H2,1-2H3. The van der Waals surface area contributed by atoms with Crippen LogP contribution in [0.5, 0.6) is 0 Å². The molecule has 22 heavy (non-hydrogen) atoms. The van der Waals surface area contributed by atoms with Crippen molar-refractivity contribution in [1.82, 2.24) is 9.62 Å². The molecular weight excluding hydrogens is 316 g/mol. The Morgan fingerprint density at radius 2 is 1.86 bits per heavy atom. The molecule has 0 radical (unpaired) electrons. The Balaban J connectivity index is 1.75. The first kappa shape index (κ1) is 17.8. The molecule has 1 aromatic carbocycles. The predicted octanol–water partition coefficient (Wildman–Crippen LogP) is 2.81. The van der Waals surface area contributed by atoms with E-state index in [-0.39, 0.29) is 0 Å². The number of likely N-dealkylation sites (tertiary alicyclic amines) is 1. The molecule has 1 aromatic rings. The fourth-order valence-electron chi connectivity index (χ4n) is 2.63. The number of rotatable bonds is 7. The minimum atomic E-state index is -3.37. The molecule has 0 spiro atoms. The molecule has 1 fully saturated rings. The van der Waals surface area contributed by atoms with Gasteiger partial charge in [0, 0.05) is 11.4 Å². The second-order valence-corrected chi connectivity index (χ2v) is 8.60. The van der Waals surface area contributed by atoms with Crippen LogP contribution in [0.25, 0.3) is 0 Å². The van der Waals surface area contributed by atoms with Gasteiger partial charge in [-0.05, 0) is 75.3 Å². The maximum Gasteiger partial charge on any atom is 0.240 e. The number of nitrogens with one attached hydrogen (secondary N) is 1. The van der Waals surface area contributed by atoms with E-state index in [0.717, 1.165) is 36.9 Å². The molecule has 0 aromatic heterocycles. The maximum absolute atomic E-state index is 12.2. The quantitative estimate of drug-likeness (QED) is 0.611. The van der Waals surface area contributed by atoms with Gasteiger partial charge in [-0.15, -0.1) is 11.8 Å². The molecule has 0 atom stereocenters. The lowest BCUT2D eigenvalue weighted by molar-refractivity contribution is 0.191. The number of piperidine rings is 1. The molecule has 6 heteroatoms. The first-order valence-electron chi connectivity index (χ1n) is 7.87. The van der Waals surface area contributed by atoms with Crippen LogP contribution in [0.1, 0.15) is 26.2 Å². The van der Waals surface area contributed by atoms with Crippen LogP contribution in [0.2, 0.25) is 0 Å². The summed E-state index contributed by atoms with van der Waals surface area (Å²) in [6.07, 6.45) is 5.35. The van der Waals surface area contributed by atoms with Gasteiger partial charge in [0.1, 0.15) is 0 Å². The summed E-state index contributed by atoms with van der Waals surface area (Å²) in [7, 11) is -3.37. The van der Waals surface area contributed by atoms with E-state index in [1.807, 2.05) is 18.4 Å². The minimum Gasteiger partial charge on any atom is -0.303 e. The van der Waals surface area contributed by atoms with Crippen LogP contribution < -0.4 is 4.72 Å². The third-order valence-corrected chi connectivity index (χ3v) is 6.41. The van der Waals surface area contributed by atoms with Crippen molar-refractivity contribution in [1.29, 1.82) is 0 Å². The van der Waals surface area contributed by atoms with Gasteiger partial charge in [-0.3, -0.25) is 0 Å². The zero-order valence-corrected chi connectivity index (χ0v) is 15.0. The Hall–Kier alpha value is -0.560. The lowest BCUT2D eigenvalue weighted by atomic mass is 9.99. The first-order valence-corrected chi connectivity index (χ1v) is 10.6. The fourth-order valence-corrected chi connectivity index (χ4v) is 4.12. The number of sulfonamides is 1. The molecule has 1 heterocycles. The maximum atomic E-state index is 12.2. The highest BCUT2D eigenvalue weighted by Gasteiger charge is 2.16. The van der Waals surface area contributed by atoms with E-state index in [4.69, 9.17) is 0 Å². The van der Waals surface area contributed by atoms with Crippen molar-refractivity contribution in [3.8, 4) is 0 Å². The van der Waals surface area contributed by atoms with Crippen molar-refractivity contribution in [2.75, 3.05) is 32.4 Å². The van der Waals surface area contributed by atoms with Crippen LogP contribution in [0.3, 0.4) is 0 Å². The second-order valence-electron chi connectivity index (χ2n) is 5.95. The highest BCUT2D eigenvalue weighted by molar-refractivity contribution is 7.98. The third kappa shape index (κ3) is 5.26. The minimum absolute atomic E-state index is 0.345. The molecule has 0 aliphatic carbocycles. The van der Waals surface area contributed by atoms with Crippen molar-refractivity contribution in [2.45, 2.75) is 36.0 Å². The Bertz CT molecular complexity index is 550. The van der Waals surface area contributed by atoms with Crippen LogP contribution in [0.4, 0.5) is 0 Å². The number of benzene rings is 1. The molecule has 0 unspecified atom stereocenters. The van der Waals surface area contributed by atoms with Gasteiger partial charge in [0.05, 0.1) is 4.90 Å². The van der Waals surface area contributed by atoms with E-state index in [1.165, 1.54) is 12.8 Å². The number of hydrogen-bond acceptors (Lipinski definition) is 4. The van der Waals surface area contributed by atoms with E-state index < -0.39 is 10.0 Å². The zero-order valence-electron chi connectivity index (χ0n) is 13.4. The van der Waals surface area contributed by atoms with Crippen molar-refractivity contribution in [3.63, 3.8) is 0 Å². The Kier molecular flexibility index (Phi) is 6.74. The molecule has 1 aliphatic heterocycles. The van der Waals surface area contributed by atoms with Gasteiger partial charge in [0.25, 0.3) is 0 Å². The number of thioether (sulfide) groups is 1. The van der Waals surface area contributed by atoms with E-state index in [9.17, 15) is 8.42 Å². The molecule has 1 saturated heterocycles. The normalized spacial score (nSPS) is 17.7. The Morgan fingerprint density at radius 3 is 2.45 bits per heavy atom. The van der Waals surface area contributed by atoms with Crippen LogP contribution in [-0.4, -0.2) is 45.8 Å². The molecule has 4 nitrogen and oxygen atoms in total. The highest BCUT2D eigenvalue weighted by atomic mass is 32.2. The average Bonchev–Trinajstić information content (AvgIpc) is 2.53. The van der Waals surface area contributed by atoms with E-state index in [1.54, 1.807) is 23.9 Å². The van der Waals surface area contributed by atoms with E-state index >= 15 is 0 Å². The Morgan fingerprint density at radius 1 is 1.23 bits per heavy atom. The first-order chi connectivity index (χ1) is 10.5. The molecule has 1 aliphatic rings. The van der Waals surface area contributed by atoms with Gasteiger partial charge in [-0.25, -0.2) is 13.1 Å². The van der Waals surface area contributed by atoms with Gasteiger partial charge in [-0.2, -0.15) is 0 Å². The van der Waals surface area contributed by atoms with Gasteiger partial charge >= 0.3 is 0 Å². The lowest BCUT2D eigenvalue weighted by Crippen LogP contribution is -2.35. The lowest BCUT2D eigenvalue weighted by Gasteiger charge is -2.30. The second kappa shape index (κ2) is 8.34. The molecule has 0 amide bonds. The SMILES string of the molecule is CSc1ccc(S(=O)(=O)NCCCN2CCC(C)CC2)cc1. The monoisotopic (exact) mass is 342 g/mol. The molecule has 1 N–H and O–H groups in total. The van der Waals surface area contributed by atoms with Gasteiger partial charge in [0.15, 0.2) is 0 Å². The average molecular weight is 343 g/mol. The summed E-state index contributed by atoms with van der Waals surface area (Å²) in [4.78, 5) is 3.84. The van der Waals surface area contributed by atoms with Gasteiger partial charge < -0.3 is 4.90 Å². The molecule has 0 saturated carbocycles. The summed E-state index contributed by atoms with van der Waals surface area (Å²) >= 11 is 1.60. The summed E-state index contributed by atoms with van der Waals surface area (Å²) in [5.74, 6) is 0.832. The van der Waals surface area contributed by atoms with E-state index in [0.29, 0.717) is 11.4 Å². The van der Waals surface area contributed by atoms with Crippen LogP contribution in [0.15, 0.2) is 34.1 Å². The zero-order chi connectivity index (χ0) is 16.0. The summed E-state index contributed by atoms with van der Waals surface area (Å²) < 4.78 is 27.1. The fraction of sp³-hybridized carbons (Fsp3) is 0.625. The summed E-state index contributed by atoms with van der Waals surface area (Å²) in [6.45, 7) is 6.06. The van der Waals surface area contributed by atoms with Crippen molar-refractivity contribution >= 4 is 21.8 Å². The molecule has 2 rings (SSSR count). The number of hydrogen-bond donors (Lipinski definition) is 1. The van der Waals surface area contributed by atoms with Crippen molar-refractivity contribution < 1.29 is 8.42 Å². The highest BCUT2D eigenvalue weighted by Crippen LogP contribution is 2.18. The topological polar surface area (TPSA) is 49.4 Å². The van der Waals surface area contributed by atoms with Crippen molar-refractivity contribution in [3.05, 3.63) is 24.3 Å². The Labute approximate surface area is 138 Å². The van der Waals surface area contributed by atoms with Gasteiger partial charge in [-0.1, -0.05) is 6.92 Å². The molecular formula is C16H26N2O2S2. The largest absolute Gasteiger partial charge is 0.303 e. The van der Waals surface area contributed by atoms with Crippen LogP contribution in [0, 0.1) is 5.92 Å². The smallest absolute Gasteiger partial charge is 0.240 e. The van der Waals surface area contributed by atoms with Crippen molar-refractivity contribution in [2.24, 2.45) is 5.92 Å². The van der Waals surface area contributed by atoms with Crippen LogP contribution in [-0.2, 0) is 10.0 Å². The predicted molar refractivity (Wildman–Crippen MR) is 92.9 cm³/mol. The van der Waals surface area contributed by atoms with Gasteiger partial charge in [0.2, 0.25) is 10.0 Å². The van der Waals surface area contributed by atoms with Crippen LogP contribution >= 0.6 is 11.8 Å². The summed E-state index contributed by atoms with van der Waals surface area (Å²) in [6, 6.07) is 7.02. The summed E-state index contributed by atoms with van der Waals surface area (Å²) in [5, 5.41) is 0. The number of nitrogens with zero attached hydrogens (tertiary/aromatic N) is 1. The van der Waals surface area contributed by atoms with E-state index in [2.05, 4.69) is 16.5 Å². The third-order valence-electron chi connectivity index (χ3n) is 4.19. The summed E-state index contributed by atoms with van der Waals surface area (Å²) in [5.41, 5.74) is 0. The molecule has 124 valence electrons.